The molecule has 0 heterocycles. The summed E-state index contributed by atoms with van der Waals surface area (Å²) in [6, 6.07) is 21.8. The fourth-order valence-electron chi connectivity index (χ4n) is 2.46. The molecular weight excluding hydrogens is 349 g/mol. The number of rotatable bonds is 7. The van der Waals surface area contributed by atoms with E-state index in [1.54, 1.807) is 13.0 Å². The summed E-state index contributed by atoms with van der Waals surface area (Å²) in [5.41, 5.74) is 0.893. The van der Waals surface area contributed by atoms with E-state index in [4.69, 9.17) is 9.26 Å². The van der Waals surface area contributed by atoms with Crippen molar-refractivity contribution in [3.05, 3.63) is 78.4 Å². The second-order valence-electron chi connectivity index (χ2n) is 5.77. The van der Waals surface area contributed by atoms with Gasteiger partial charge in [0, 0.05) is 9.95 Å². The minimum atomic E-state index is -2.27. The van der Waals surface area contributed by atoms with Crippen LogP contribution in [0.4, 0.5) is 0 Å². The molecule has 0 aliphatic heterocycles. The maximum absolute atomic E-state index is 12.3. The molecule has 1 N–H and O–H groups in total. The number of fused-ring (bicyclic) bond motifs is 1. The molecule has 0 fully saturated rings. The van der Waals surface area contributed by atoms with Crippen LogP contribution in [-0.2, 0) is 20.7 Å². The number of benzene rings is 3. The molecule has 3 aromatic rings. The summed E-state index contributed by atoms with van der Waals surface area (Å²) >= 11 is 0. The molecule has 0 saturated heterocycles. The van der Waals surface area contributed by atoms with Gasteiger partial charge in [-0.2, -0.15) is 0 Å². The maximum atomic E-state index is 12.3. The Kier molecular flexibility index (Phi) is 5.95. The number of esters is 1. The summed E-state index contributed by atoms with van der Waals surface area (Å²) in [7, 11) is -2.27. The third kappa shape index (κ3) is 4.66. The summed E-state index contributed by atoms with van der Waals surface area (Å²) in [4.78, 5) is 12.0. The third-order valence-electron chi connectivity index (χ3n) is 3.81. The molecule has 3 aromatic carbocycles. The molecule has 0 bridgehead atoms. The lowest BCUT2D eigenvalue weighted by molar-refractivity contribution is -0.146. The van der Waals surface area contributed by atoms with Gasteiger partial charge in [-0.05, 0) is 23.9 Å². The zero-order valence-corrected chi connectivity index (χ0v) is 15.2. The Morgan fingerprint density at radius 1 is 1.00 bits per heavy atom. The average molecular weight is 368 g/mol. The molecule has 0 aromatic heterocycles. The summed E-state index contributed by atoms with van der Waals surface area (Å²) in [5.74, 6) is 0.0142. The number of carbonyl (C=O) groups is 1. The van der Waals surface area contributed by atoms with E-state index < -0.39 is 20.2 Å². The van der Waals surface area contributed by atoms with Crippen molar-refractivity contribution in [3.63, 3.8) is 0 Å². The van der Waals surface area contributed by atoms with Gasteiger partial charge in [-0.1, -0.05) is 71.8 Å². The van der Waals surface area contributed by atoms with Gasteiger partial charge in [-0.15, -0.1) is 0 Å². The summed E-state index contributed by atoms with van der Waals surface area (Å²) in [5, 5.41) is 4.49. The van der Waals surface area contributed by atoms with Gasteiger partial charge in [0.15, 0.2) is 5.75 Å². The van der Waals surface area contributed by atoms with Crippen LogP contribution in [0.3, 0.4) is 0 Å². The van der Waals surface area contributed by atoms with Crippen molar-refractivity contribution in [3.8, 4) is 5.75 Å². The average Bonchev–Trinajstić information content (AvgIpc) is 2.67. The Hall–Kier alpha value is -2.75. The monoisotopic (exact) mass is 368 g/mol. The lowest BCUT2D eigenvalue weighted by Crippen LogP contribution is -2.31. The first-order valence-corrected chi connectivity index (χ1v) is 9.41. The number of carbonyl (C=O) groups excluding carboxylic acids is 1. The van der Waals surface area contributed by atoms with Gasteiger partial charge >= 0.3 is 14.1 Å². The number of ether oxygens (including phenoxy) is 1. The summed E-state index contributed by atoms with van der Waals surface area (Å²) in [6.07, 6.45) is 0. The highest BCUT2D eigenvalue weighted by Crippen LogP contribution is 2.31. The number of hydrogen-bond acceptors (Lipinski definition) is 4. The highest BCUT2D eigenvalue weighted by molar-refractivity contribution is 7.37. The van der Waals surface area contributed by atoms with Crippen LogP contribution in [-0.4, -0.2) is 12.0 Å². The first kappa shape index (κ1) is 18.1. The standard InChI is InChI=1S/C20H19NO4P/c1-15(20(22)24-14-16-8-3-2-4-9-16)21-26(23)25-19-13-7-11-17-10-5-6-12-18(17)19/h2-13,15H,14H2,1H3,(H,21,23)/q+1/t15-/m0/s1. The van der Waals surface area contributed by atoms with Crippen LogP contribution in [0.2, 0.25) is 0 Å². The molecule has 26 heavy (non-hydrogen) atoms. The summed E-state index contributed by atoms with van der Waals surface area (Å²) < 4.78 is 23.0. The number of hydrogen-bond donors (Lipinski definition) is 1. The molecule has 5 nitrogen and oxygen atoms in total. The van der Waals surface area contributed by atoms with Crippen LogP contribution in [0.1, 0.15) is 12.5 Å². The lowest BCUT2D eigenvalue weighted by Gasteiger charge is -2.08. The SMILES string of the molecule is C[C@H](N[P+](=O)Oc1cccc2ccccc12)C(=O)OCc1ccccc1. The van der Waals surface area contributed by atoms with Gasteiger partial charge in [0.25, 0.3) is 0 Å². The second kappa shape index (κ2) is 8.56. The number of nitrogens with one attached hydrogen (secondary N) is 1. The Bertz CT molecular complexity index is 909. The van der Waals surface area contributed by atoms with Gasteiger partial charge in [0.1, 0.15) is 12.6 Å². The van der Waals surface area contributed by atoms with Gasteiger partial charge in [0.05, 0.1) is 0 Å². The molecule has 1 unspecified atom stereocenters. The zero-order chi connectivity index (χ0) is 18.4. The highest BCUT2D eigenvalue weighted by Gasteiger charge is 2.29. The fourth-order valence-corrected chi connectivity index (χ4v) is 3.27. The van der Waals surface area contributed by atoms with Gasteiger partial charge < -0.3 is 4.74 Å². The van der Waals surface area contributed by atoms with Crippen molar-refractivity contribution in [1.29, 1.82) is 0 Å². The predicted molar refractivity (Wildman–Crippen MR) is 101 cm³/mol. The zero-order valence-electron chi connectivity index (χ0n) is 14.3. The molecule has 6 heteroatoms. The lowest BCUT2D eigenvalue weighted by atomic mass is 10.1. The molecule has 2 atom stereocenters. The topological polar surface area (TPSA) is 64.6 Å². The Balaban J connectivity index is 1.56. The molecule has 0 aliphatic carbocycles. The molecule has 3 rings (SSSR count). The molecule has 0 radical (unpaired) electrons. The van der Waals surface area contributed by atoms with Crippen molar-refractivity contribution in [2.45, 2.75) is 19.6 Å². The normalized spacial score (nSPS) is 12.4. The van der Waals surface area contributed by atoms with Crippen LogP contribution in [0, 0.1) is 0 Å². The molecule has 0 spiro atoms. The van der Waals surface area contributed by atoms with Crippen molar-refractivity contribution in [2.75, 3.05) is 0 Å². The Morgan fingerprint density at radius 3 is 2.50 bits per heavy atom. The molecule has 0 amide bonds. The van der Waals surface area contributed by atoms with Crippen molar-refractivity contribution in [1.82, 2.24) is 5.09 Å². The van der Waals surface area contributed by atoms with E-state index in [1.807, 2.05) is 66.7 Å². The van der Waals surface area contributed by atoms with E-state index in [0.717, 1.165) is 16.3 Å². The van der Waals surface area contributed by atoms with Crippen molar-refractivity contribution < 1.29 is 18.6 Å². The van der Waals surface area contributed by atoms with E-state index in [9.17, 15) is 9.36 Å². The van der Waals surface area contributed by atoms with Crippen LogP contribution < -0.4 is 9.61 Å². The third-order valence-corrected chi connectivity index (χ3v) is 4.77. The Morgan fingerprint density at radius 2 is 1.69 bits per heavy atom. The van der Waals surface area contributed by atoms with E-state index in [-0.39, 0.29) is 6.61 Å². The second-order valence-corrected chi connectivity index (χ2v) is 6.72. The first-order valence-electron chi connectivity index (χ1n) is 8.23. The van der Waals surface area contributed by atoms with Crippen molar-refractivity contribution >= 4 is 24.9 Å². The van der Waals surface area contributed by atoms with Gasteiger partial charge in [-0.25, -0.2) is 4.52 Å². The van der Waals surface area contributed by atoms with E-state index in [2.05, 4.69) is 5.09 Å². The van der Waals surface area contributed by atoms with Gasteiger partial charge in [0.2, 0.25) is 0 Å². The molecule has 132 valence electrons. The van der Waals surface area contributed by atoms with Crippen molar-refractivity contribution in [2.24, 2.45) is 0 Å². The summed E-state index contributed by atoms with van der Waals surface area (Å²) in [6.45, 7) is 1.76. The minimum Gasteiger partial charge on any atom is -0.460 e. The van der Waals surface area contributed by atoms with Crippen LogP contribution in [0.25, 0.3) is 10.8 Å². The van der Waals surface area contributed by atoms with Crippen LogP contribution in [0.15, 0.2) is 72.8 Å². The Labute approximate surface area is 152 Å². The van der Waals surface area contributed by atoms with Crippen LogP contribution >= 0.6 is 8.18 Å². The highest BCUT2D eigenvalue weighted by atomic mass is 31.1. The molecular formula is C20H19NO4P+. The predicted octanol–water partition coefficient (Wildman–Crippen LogP) is 4.60. The van der Waals surface area contributed by atoms with Gasteiger partial charge in [-0.3, -0.25) is 4.79 Å². The minimum absolute atomic E-state index is 0.173. The molecule has 0 saturated carbocycles. The van der Waals surface area contributed by atoms with E-state index >= 15 is 0 Å². The first-order chi connectivity index (χ1) is 12.6. The maximum Gasteiger partial charge on any atom is 0.664 e. The largest absolute Gasteiger partial charge is 0.664 e. The van der Waals surface area contributed by atoms with Crippen LogP contribution in [0.5, 0.6) is 5.75 Å². The van der Waals surface area contributed by atoms with E-state index in [0.29, 0.717) is 5.75 Å². The quantitative estimate of drug-likeness (QED) is 0.488. The van der Waals surface area contributed by atoms with E-state index in [1.165, 1.54) is 0 Å². The molecule has 0 aliphatic rings. The fraction of sp³-hybridized carbons (Fsp3) is 0.150. The smallest absolute Gasteiger partial charge is 0.460 e.